The number of aliphatic imine (C=N–C) groups is 1. The van der Waals surface area contributed by atoms with E-state index in [2.05, 4.69) is 61.3 Å². The molecule has 3 saturated heterocycles. The first-order valence-electron chi connectivity index (χ1n) is 19.2. The van der Waals surface area contributed by atoms with Gasteiger partial charge in [0.15, 0.2) is 12.2 Å². The summed E-state index contributed by atoms with van der Waals surface area (Å²) in [6, 6.07) is 6.44. The highest BCUT2D eigenvalue weighted by Crippen LogP contribution is 2.38. The maximum Gasteiger partial charge on any atom is 0.303 e. The highest BCUT2D eigenvalue weighted by atomic mass is 16.7. The molecule has 5 atom stereocenters. The van der Waals surface area contributed by atoms with E-state index in [0.29, 0.717) is 24.3 Å². The number of hydrogen-bond donors (Lipinski definition) is 1. The maximum absolute atomic E-state index is 12.4. The number of ether oxygens (including phenoxy) is 6. The molecule has 1 aromatic carbocycles. The van der Waals surface area contributed by atoms with Crippen LogP contribution in [0.3, 0.4) is 0 Å². The molecule has 296 valence electrons. The van der Waals surface area contributed by atoms with Gasteiger partial charge in [-0.15, -0.1) is 0 Å². The van der Waals surface area contributed by atoms with Crippen molar-refractivity contribution in [2.24, 2.45) is 16.3 Å². The molecule has 0 unspecified atom stereocenters. The van der Waals surface area contributed by atoms with Gasteiger partial charge in [0.1, 0.15) is 12.7 Å². The number of nitrogens with one attached hydrogen (secondary N) is 1. The third-order valence-corrected chi connectivity index (χ3v) is 10.7. The lowest BCUT2D eigenvalue weighted by Crippen LogP contribution is -2.63. The summed E-state index contributed by atoms with van der Waals surface area (Å²) in [5, 5.41) is 3.50. The van der Waals surface area contributed by atoms with Crippen LogP contribution in [0.1, 0.15) is 83.9 Å². The van der Waals surface area contributed by atoms with E-state index in [9.17, 15) is 19.2 Å². The molecule has 54 heavy (non-hydrogen) atoms. The number of carbonyl (C=O) groups is 4. The zero-order valence-electron chi connectivity index (χ0n) is 32.8. The van der Waals surface area contributed by atoms with Crippen molar-refractivity contribution in [3.8, 4) is 0 Å². The zero-order chi connectivity index (χ0) is 39.0. The van der Waals surface area contributed by atoms with Gasteiger partial charge in [-0.3, -0.25) is 19.2 Å². The van der Waals surface area contributed by atoms with E-state index in [0.717, 1.165) is 53.9 Å². The van der Waals surface area contributed by atoms with Gasteiger partial charge in [-0.05, 0) is 85.8 Å². The van der Waals surface area contributed by atoms with Crippen LogP contribution >= 0.6 is 0 Å². The van der Waals surface area contributed by atoms with Gasteiger partial charge in [-0.25, -0.2) is 4.99 Å². The van der Waals surface area contributed by atoms with E-state index in [1.54, 1.807) is 0 Å². The Morgan fingerprint density at radius 2 is 1.65 bits per heavy atom. The van der Waals surface area contributed by atoms with Gasteiger partial charge in [0, 0.05) is 52.8 Å². The second kappa shape index (κ2) is 18.5. The minimum absolute atomic E-state index is 0.156. The van der Waals surface area contributed by atoms with E-state index in [4.69, 9.17) is 33.4 Å². The third-order valence-electron chi connectivity index (χ3n) is 10.7. The summed E-state index contributed by atoms with van der Waals surface area (Å²) in [6.07, 6.45) is 3.45. The minimum Gasteiger partial charge on any atom is -0.463 e. The summed E-state index contributed by atoms with van der Waals surface area (Å²) in [7, 11) is 0. The fourth-order valence-corrected chi connectivity index (χ4v) is 7.98. The quantitative estimate of drug-likeness (QED) is 0.224. The molecule has 13 nitrogen and oxygen atoms in total. The molecule has 3 fully saturated rings. The summed E-state index contributed by atoms with van der Waals surface area (Å²) in [6.45, 7) is 16.9. The Hall–Kier alpha value is -4.07. The molecule has 1 aromatic rings. The lowest BCUT2D eigenvalue weighted by atomic mass is 9.78. The van der Waals surface area contributed by atoms with Crippen LogP contribution in [0, 0.1) is 18.3 Å². The summed E-state index contributed by atoms with van der Waals surface area (Å²) >= 11 is 0. The number of rotatable bonds is 13. The lowest BCUT2D eigenvalue weighted by molar-refractivity contribution is -0.291. The molecular weight excluding hydrogens is 694 g/mol. The van der Waals surface area contributed by atoms with Crippen LogP contribution in [-0.2, 0) is 54.0 Å². The van der Waals surface area contributed by atoms with Crippen molar-refractivity contribution < 1.29 is 47.6 Å². The molecule has 0 aromatic heterocycles. The number of benzene rings is 1. The van der Waals surface area contributed by atoms with Gasteiger partial charge in [0.05, 0.1) is 6.54 Å². The molecule has 0 radical (unpaired) electrons. The Morgan fingerprint density at radius 1 is 0.963 bits per heavy atom. The molecule has 1 N–H and O–H groups in total. The predicted octanol–water partition coefficient (Wildman–Crippen LogP) is 4.48. The molecule has 13 heteroatoms. The van der Waals surface area contributed by atoms with E-state index in [1.165, 1.54) is 60.0 Å². The molecule has 0 saturated carbocycles. The molecule has 0 aliphatic carbocycles. The van der Waals surface area contributed by atoms with Gasteiger partial charge < -0.3 is 38.6 Å². The number of piperidine rings is 1. The Balaban J connectivity index is 1.31. The first-order valence-corrected chi connectivity index (χ1v) is 19.2. The van der Waals surface area contributed by atoms with Gasteiger partial charge >= 0.3 is 23.9 Å². The maximum atomic E-state index is 12.4. The Kier molecular flexibility index (Phi) is 14.1. The number of aryl methyl sites for hydroxylation is 1. The normalized spacial score (nSPS) is 25.6. The highest BCUT2D eigenvalue weighted by molar-refractivity contribution is 5.97. The van der Waals surface area contributed by atoms with E-state index in [1.807, 2.05) is 0 Å². The summed E-state index contributed by atoms with van der Waals surface area (Å²) in [4.78, 5) is 55.9. The van der Waals surface area contributed by atoms with Crippen molar-refractivity contribution >= 4 is 35.9 Å². The Labute approximate surface area is 318 Å². The second-order valence-corrected chi connectivity index (χ2v) is 15.3. The number of hydrogen-bond acceptors (Lipinski definition) is 13. The van der Waals surface area contributed by atoms with E-state index < -0.39 is 54.6 Å². The number of nitrogens with zero attached hydrogens (tertiary/aromatic N) is 2. The van der Waals surface area contributed by atoms with Crippen LogP contribution < -0.4 is 5.32 Å². The molecule has 1 spiro atoms. The SMILES string of the molecule is CC(=O)OC[C@H]1O[C@@H](OC2=NCC(C(C)C)=C2Cc2ccc(/C=C/CCN3CCC4(CCNCC4)C3)cc2C)[C@H](OC(C)=O)[C@@H](OC(C)=O)[C@@H]1OC(C)=O. The van der Waals surface area contributed by atoms with Crippen LogP contribution in [-0.4, -0.2) is 111 Å². The van der Waals surface area contributed by atoms with Crippen molar-refractivity contribution in [2.75, 3.05) is 45.9 Å². The highest BCUT2D eigenvalue weighted by Gasteiger charge is 2.54. The van der Waals surface area contributed by atoms with Gasteiger partial charge in [0.25, 0.3) is 0 Å². The number of carbonyl (C=O) groups excluding carboxylic acids is 4. The van der Waals surface area contributed by atoms with E-state index >= 15 is 0 Å². The van der Waals surface area contributed by atoms with Crippen LogP contribution in [0.25, 0.3) is 6.08 Å². The molecule has 4 aliphatic heterocycles. The second-order valence-electron chi connectivity index (χ2n) is 15.3. The summed E-state index contributed by atoms with van der Waals surface area (Å²) in [5.74, 6) is -2.26. The fourth-order valence-electron chi connectivity index (χ4n) is 7.98. The van der Waals surface area contributed by atoms with Gasteiger partial charge in [-0.1, -0.05) is 44.2 Å². The first kappa shape index (κ1) is 41.1. The van der Waals surface area contributed by atoms with Crippen LogP contribution in [0.4, 0.5) is 0 Å². The molecule has 5 rings (SSSR count). The monoisotopic (exact) mass is 751 g/mol. The average Bonchev–Trinajstić information content (AvgIpc) is 3.69. The molecule has 4 aliphatic rings. The van der Waals surface area contributed by atoms with E-state index in [-0.39, 0.29) is 12.5 Å². The smallest absolute Gasteiger partial charge is 0.303 e. The molecule has 0 bridgehead atoms. The van der Waals surface area contributed by atoms with Crippen molar-refractivity contribution in [3.63, 3.8) is 0 Å². The molecule has 4 heterocycles. The zero-order valence-corrected chi connectivity index (χ0v) is 32.8. The summed E-state index contributed by atoms with van der Waals surface area (Å²) < 4.78 is 34.6. The minimum atomic E-state index is -1.36. The fraction of sp³-hybridized carbons (Fsp3) is 0.634. The Bertz CT molecular complexity index is 1630. The predicted molar refractivity (Wildman–Crippen MR) is 201 cm³/mol. The van der Waals surface area contributed by atoms with Gasteiger partial charge in [0.2, 0.25) is 18.3 Å². The summed E-state index contributed by atoms with van der Waals surface area (Å²) in [5.41, 5.74) is 5.85. The number of esters is 4. The van der Waals surface area contributed by atoms with Crippen molar-refractivity contribution in [2.45, 2.75) is 111 Å². The standard InChI is InChI=1S/C41H57N3O10/c1-25(2)34-22-43-39(54-40-38(52-30(7)48)37(51-29(6)47)36(50-28(5)46)35(53-40)23-49-27(4)45)33(34)21-32-12-11-31(20-26(32)3)10-8-9-18-44-19-15-41(24-44)13-16-42-17-14-41/h8,10-12,20,25,35-38,40,42H,9,13-19,21-24H2,1-7H3/b10-8+/t35-,36-,37+,38-,40+/m1/s1. The average molecular weight is 752 g/mol. The van der Waals surface area contributed by atoms with Crippen LogP contribution in [0.5, 0.6) is 0 Å². The Morgan fingerprint density at radius 3 is 2.30 bits per heavy atom. The molecular formula is C41H57N3O10. The lowest BCUT2D eigenvalue weighted by Gasteiger charge is -2.43. The largest absolute Gasteiger partial charge is 0.463 e. The van der Waals surface area contributed by atoms with Crippen LogP contribution in [0.2, 0.25) is 0 Å². The topological polar surface area (TPSA) is 151 Å². The van der Waals surface area contributed by atoms with Gasteiger partial charge in [-0.2, -0.15) is 0 Å². The first-order chi connectivity index (χ1) is 25.7. The van der Waals surface area contributed by atoms with Crippen molar-refractivity contribution in [1.82, 2.24) is 10.2 Å². The van der Waals surface area contributed by atoms with Crippen molar-refractivity contribution in [1.29, 1.82) is 0 Å². The number of likely N-dealkylation sites (tertiary alicyclic amines) is 1. The third kappa shape index (κ3) is 10.8. The van der Waals surface area contributed by atoms with Crippen molar-refractivity contribution in [3.05, 3.63) is 52.1 Å². The molecule has 0 amide bonds. The van der Waals surface area contributed by atoms with Crippen LogP contribution in [0.15, 0.2) is 40.4 Å².